The monoisotopic (exact) mass is 529 g/mol. The number of nitrogens with zero attached hydrogens (tertiary/aromatic N) is 3. The van der Waals surface area contributed by atoms with E-state index in [9.17, 15) is 12.8 Å². The van der Waals surface area contributed by atoms with Crippen LogP contribution in [-0.4, -0.2) is 34.4 Å². The van der Waals surface area contributed by atoms with Crippen molar-refractivity contribution in [2.45, 2.75) is 56.5 Å². The molecule has 0 radical (unpaired) electrons. The normalized spacial score (nSPS) is 18.3. The van der Waals surface area contributed by atoms with Crippen molar-refractivity contribution < 1.29 is 21.6 Å². The molecule has 11 heteroatoms. The van der Waals surface area contributed by atoms with Crippen LogP contribution in [0.25, 0.3) is 22.3 Å². The fourth-order valence-corrected chi connectivity index (χ4v) is 6.14. The number of anilines is 1. The zero-order chi connectivity index (χ0) is 26.5. The summed E-state index contributed by atoms with van der Waals surface area (Å²) in [5.74, 6) is -2.75. The van der Waals surface area contributed by atoms with Crippen LogP contribution in [-0.2, 0) is 10.0 Å². The Morgan fingerprint density at radius 3 is 2.49 bits per heavy atom. The molecule has 2 aromatic heterocycles. The summed E-state index contributed by atoms with van der Waals surface area (Å²) >= 11 is 0. The van der Waals surface area contributed by atoms with Crippen LogP contribution in [0.1, 0.15) is 36.9 Å². The molecular formula is C26H26F3N5O2S. The van der Waals surface area contributed by atoms with E-state index in [2.05, 4.69) is 15.3 Å². The lowest BCUT2D eigenvalue weighted by Crippen LogP contribution is -2.35. The van der Waals surface area contributed by atoms with Crippen molar-refractivity contribution in [1.82, 2.24) is 13.9 Å². The zero-order valence-electron chi connectivity index (χ0n) is 20.3. The maximum Gasteiger partial charge on any atom is 0.268 e. The molecule has 2 heterocycles. The van der Waals surface area contributed by atoms with E-state index < -0.39 is 27.5 Å². The highest BCUT2D eigenvalue weighted by atomic mass is 32.2. The van der Waals surface area contributed by atoms with E-state index in [1.165, 1.54) is 19.1 Å². The van der Waals surface area contributed by atoms with E-state index >= 15 is 8.78 Å². The third kappa shape index (κ3) is 4.69. The molecule has 3 N–H and O–H groups in total. The summed E-state index contributed by atoms with van der Waals surface area (Å²) in [6.45, 7) is 3.25. The molecule has 194 valence electrons. The molecule has 0 amide bonds. The fraction of sp³-hybridized carbons (Fsp3) is 0.308. The van der Waals surface area contributed by atoms with Gasteiger partial charge in [-0.15, -0.1) is 0 Å². The summed E-state index contributed by atoms with van der Waals surface area (Å²) in [4.78, 5) is 8.45. The third-order valence-corrected chi connectivity index (χ3v) is 8.35. The summed E-state index contributed by atoms with van der Waals surface area (Å²) in [6.07, 6.45) is 4.36. The molecule has 1 saturated carbocycles. The molecule has 37 heavy (non-hydrogen) atoms. The highest BCUT2D eigenvalue weighted by Gasteiger charge is 2.27. The number of fused-ring (bicyclic) bond motifs is 1. The van der Waals surface area contributed by atoms with Crippen molar-refractivity contribution in [1.29, 1.82) is 0 Å². The van der Waals surface area contributed by atoms with Crippen molar-refractivity contribution in [3.8, 4) is 11.4 Å². The van der Waals surface area contributed by atoms with Gasteiger partial charge >= 0.3 is 0 Å². The minimum absolute atomic E-state index is 0.00627. The minimum atomic E-state index is -4.27. The molecule has 1 aliphatic carbocycles. The van der Waals surface area contributed by atoms with Gasteiger partial charge in [0.15, 0.2) is 23.3 Å². The number of aromatic nitrogens is 3. The first-order valence-corrected chi connectivity index (χ1v) is 13.4. The van der Waals surface area contributed by atoms with E-state index in [0.29, 0.717) is 12.5 Å². The minimum Gasteiger partial charge on any atom is -0.365 e. The third-order valence-electron chi connectivity index (χ3n) is 6.68. The number of nitrogens with one attached hydrogen (secondary N) is 1. The van der Waals surface area contributed by atoms with Crippen LogP contribution in [0.4, 0.5) is 19.0 Å². The van der Waals surface area contributed by atoms with Gasteiger partial charge in [0.25, 0.3) is 10.0 Å². The number of hydrogen-bond donors (Lipinski definition) is 2. The SMILES string of the molecule is Cc1ccc(S(=O)(=O)n2cc(-c3nc(C)c(F)c(N[C@@H]4CCC[C@H](N)C4)n3)c3cc(F)cc(F)c32)cc1. The predicted octanol–water partition coefficient (Wildman–Crippen LogP) is 5.05. The zero-order valence-corrected chi connectivity index (χ0v) is 21.1. The predicted molar refractivity (Wildman–Crippen MR) is 135 cm³/mol. The Kier molecular flexibility index (Phi) is 6.45. The van der Waals surface area contributed by atoms with Gasteiger partial charge in [-0.1, -0.05) is 17.7 Å². The van der Waals surface area contributed by atoms with Crippen molar-refractivity contribution in [2.75, 3.05) is 5.32 Å². The maximum absolute atomic E-state index is 15.1. The lowest BCUT2D eigenvalue weighted by molar-refractivity contribution is 0.407. The molecule has 0 saturated heterocycles. The first kappa shape index (κ1) is 25.2. The highest BCUT2D eigenvalue weighted by molar-refractivity contribution is 7.90. The van der Waals surface area contributed by atoms with E-state index in [1.807, 2.05) is 6.92 Å². The number of benzene rings is 2. The van der Waals surface area contributed by atoms with Crippen LogP contribution in [0.5, 0.6) is 0 Å². The summed E-state index contributed by atoms with van der Waals surface area (Å²) in [7, 11) is -4.27. The molecule has 2 aromatic carbocycles. The average molecular weight is 530 g/mol. The molecule has 0 aliphatic heterocycles. The molecule has 5 rings (SSSR count). The van der Waals surface area contributed by atoms with Gasteiger partial charge in [-0.3, -0.25) is 0 Å². The molecular weight excluding hydrogens is 503 g/mol. The van der Waals surface area contributed by atoms with Crippen LogP contribution in [0.2, 0.25) is 0 Å². The second-order valence-corrected chi connectivity index (χ2v) is 11.3. The van der Waals surface area contributed by atoms with Crippen LogP contribution in [0, 0.1) is 31.3 Å². The second-order valence-electron chi connectivity index (χ2n) is 9.50. The van der Waals surface area contributed by atoms with Gasteiger partial charge < -0.3 is 11.1 Å². The first-order valence-electron chi connectivity index (χ1n) is 11.9. The molecule has 1 fully saturated rings. The van der Waals surface area contributed by atoms with Crippen molar-refractivity contribution in [3.63, 3.8) is 0 Å². The summed E-state index contributed by atoms with van der Waals surface area (Å²) in [6, 6.07) is 7.59. The van der Waals surface area contributed by atoms with Crippen LogP contribution in [0.3, 0.4) is 0 Å². The molecule has 1 aliphatic rings. The standard InChI is InChI=1S/C26H26F3N5O2S/c1-14-6-8-19(9-7-14)37(35,36)34-13-21(20-10-16(27)11-22(28)24(20)34)25-31-15(2)23(29)26(33-25)32-18-5-3-4-17(30)12-18/h6-11,13,17-18H,3-5,12,30H2,1-2H3,(H,31,32,33)/t17-,18+/m0/s1. The lowest BCUT2D eigenvalue weighted by Gasteiger charge is -2.28. The Morgan fingerprint density at radius 2 is 1.78 bits per heavy atom. The average Bonchev–Trinajstić information content (AvgIpc) is 3.23. The Bertz CT molecular complexity index is 1600. The number of halogens is 3. The molecule has 7 nitrogen and oxygen atoms in total. The quantitative estimate of drug-likeness (QED) is 0.375. The Hall–Kier alpha value is -3.44. The summed E-state index contributed by atoms with van der Waals surface area (Å²) in [5.41, 5.74) is 6.61. The van der Waals surface area contributed by atoms with E-state index in [4.69, 9.17) is 5.73 Å². The van der Waals surface area contributed by atoms with Gasteiger partial charge in [-0.2, -0.15) is 0 Å². The topological polar surface area (TPSA) is 103 Å². The largest absolute Gasteiger partial charge is 0.365 e. The van der Waals surface area contributed by atoms with Crippen LogP contribution in [0.15, 0.2) is 47.5 Å². The Labute approximate surface area is 212 Å². The second kappa shape index (κ2) is 9.46. The number of nitrogens with two attached hydrogens (primary N) is 1. The van der Waals surface area contributed by atoms with E-state index in [0.717, 1.165) is 41.1 Å². The molecule has 2 atom stereocenters. The number of rotatable bonds is 5. The van der Waals surface area contributed by atoms with Crippen molar-refractivity contribution >= 4 is 26.7 Å². The fourth-order valence-electron chi connectivity index (χ4n) is 4.77. The first-order chi connectivity index (χ1) is 17.5. The number of hydrogen-bond acceptors (Lipinski definition) is 6. The van der Waals surface area contributed by atoms with Gasteiger partial charge in [0, 0.05) is 35.3 Å². The Balaban J connectivity index is 1.68. The van der Waals surface area contributed by atoms with Gasteiger partial charge in [0.2, 0.25) is 0 Å². The molecule has 0 bridgehead atoms. The van der Waals surface area contributed by atoms with Gasteiger partial charge in [-0.05, 0) is 57.7 Å². The van der Waals surface area contributed by atoms with Gasteiger partial charge in [-0.25, -0.2) is 35.5 Å². The van der Waals surface area contributed by atoms with Crippen LogP contribution >= 0.6 is 0 Å². The van der Waals surface area contributed by atoms with E-state index in [-0.39, 0.29) is 50.8 Å². The van der Waals surface area contributed by atoms with Gasteiger partial charge in [0.05, 0.1) is 10.6 Å². The molecule has 0 unspecified atom stereocenters. The maximum atomic E-state index is 15.1. The van der Waals surface area contributed by atoms with Gasteiger partial charge in [0.1, 0.15) is 11.3 Å². The molecule has 0 spiro atoms. The van der Waals surface area contributed by atoms with Crippen molar-refractivity contribution in [3.05, 3.63) is 71.3 Å². The van der Waals surface area contributed by atoms with Crippen LogP contribution < -0.4 is 11.1 Å². The Morgan fingerprint density at radius 1 is 1.05 bits per heavy atom. The smallest absolute Gasteiger partial charge is 0.268 e. The summed E-state index contributed by atoms with van der Waals surface area (Å²) in [5, 5.41) is 3.04. The number of aryl methyl sites for hydroxylation is 2. The van der Waals surface area contributed by atoms with E-state index in [1.54, 1.807) is 12.1 Å². The van der Waals surface area contributed by atoms with Crippen molar-refractivity contribution in [2.24, 2.45) is 5.73 Å². The summed E-state index contributed by atoms with van der Waals surface area (Å²) < 4.78 is 72.1. The highest BCUT2D eigenvalue weighted by Crippen LogP contribution is 2.35. The lowest BCUT2D eigenvalue weighted by atomic mass is 9.91. The molecule has 4 aromatic rings.